The molecule has 0 saturated carbocycles. The molecular formula is C19H23ClN4O. The van der Waals surface area contributed by atoms with E-state index in [1.165, 1.54) is 11.3 Å². The molecule has 1 aliphatic rings. The van der Waals surface area contributed by atoms with Crippen molar-refractivity contribution in [1.29, 1.82) is 0 Å². The molecule has 25 heavy (non-hydrogen) atoms. The minimum Gasteiger partial charge on any atom is -0.495 e. The number of guanidine groups is 1. The Hall–Kier alpha value is -2.40. The Morgan fingerprint density at radius 3 is 2.92 bits per heavy atom. The number of para-hydroxylation sites is 1. The maximum atomic E-state index is 6.11. The number of anilines is 2. The zero-order valence-corrected chi connectivity index (χ0v) is 15.3. The number of hydrogen-bond acceptors (Lipinski definition) is 3. The molecule has 6 heteroatoms. The first kappa shape index (κ1) is 17.4. The van der Waals surface area contributed by atoms with Crippen molar-refractivity contribution in [3.8, 4) is 5.75 Å². The van der Waals surface area contributed by atoms with Gasteiger partial charge in [0.25, 0.3) is 0 Å². The molecule has 0 aromatic heterocycles. The van der Waals surface area contributed by atoms with E-state index in [9.17, 15) is 0 Å². The lowest BCUT2D eigenvalue weighted by Crippen LogP contribution is -2.32. The van der Waals surface area contributed by atoms with E-state index in [0.717, 1.165) is 18.7 Å². The molecule has 3 N–H and O–H groups in total. The van der Waals surface area contributed by atoms with Crippen molar-refractivity contribution in [1.82, 2.24) is 0 Å². The summed E-state index contributed by atoms with van der Waals surface area (Å²) in [6.45, 7) is 3.70. The van der Waals surface area contributed by atoms with Crippen LogP contribution in [0.25, 0.3) is 0 Å². The average Bonchev–Trinajstić information content (AvgIpc) is 2.91. The van der Waals surface area contributed by atoms with Crippen LogP contribution in [0.4, 0.5) is 11.4 Å². The maximum absolute atomic E-state index is 6.11. The highest BCUT2D eigenvalue weighted by molar-refractivity contribution is 6.32. The zero-order valence-electron chi connectivity index (χ0n) is 14.5. The third kappa shape index (κ3) is 3.99. The van der Waals surface area contributed by atoms with Crippen molar-refractivity contribution < 1.29 is 4.74 Å². The number of nitrogens with two attached hydrogens (primary N) is 1. The van der Waals surface area contributed by atoms with Crippen LogP contribution >= 0.6 is 11.6 Å². The van der Waals surface area contributed by atoms with Gasteiger partial charge in [-0.05, 0) is 43.2 Å². The van der Waals surface area contributed by atoms with Gasteiger partial charge in [0.05, 0.1) is 18.7 Å². The van der Waals surface area contributed by atoms with E-state index in [-0.39, 0.29) is 0 Å². The standard InChI is InChI=1S/C19H23ClN4O/c1-13-11-14-5-3-4-6-17(14)24(13)10-9-22-19(21)23-15-7-8-18(25-2)16(20)12-15/h3-8,12-13H,9-11H2,1-2H3,(H3,21,22,23). The number of halogens is 1. The Kier molecular flexibility index (Phi) is 5.34. The second-order valence-corrected chi connectivity index (χ2v) is 6.52. The van der Waals surface area contributed by atoms with Crippen LogP contribution in [0, 0.1) is 0 Å². The highest BCUT2D eigenvalue weighted by Gasteiger charge is 2.24. The van der Waals surface area contributed by atoms with Crippen molar-refractivity contribution >= 4 is 28.9 Å². The minimum absolute atomic E-state index is 0.376. The van der Waals surface area contributed by atoms with Crippen molar-refractivity contribution in [2.45, 2.75) is 19.4 Å². The predicted molar refractivity (Wildman–Crippen MR) is 105 cm³/mol. The first-order valence-corrected chi connectivity index (χ1v) is 8.71. The van der Waals surface area contributed by atoms with Gasteiger partial charge in [-0.3, -0.25) is 4.99 Å². The zero-order chi connectivity index (χ0) is 17.8. The van der Waals surface area contributed by atoms with E-state index >= 15 is 0 Å². The third-order valence-electron chi connectivity index (χ3n) is 4.40. The molecule has 0 spiro atoms. The van der Waals surface area contributed by atoms with Crippen molar-refractivity contribution in [2.75, 3.05) is 30.4 Å². The first-order chi connectivity index (χ1) is 12.1. The summed E-state index contributed by atoms with van der Waals surface area (Å²) in [6, 6.07) is 14.4. The summed E-state index contributed by atoms with van der Waals surface area (Å²) >= 11 is 6.11. The quantitative estimate of drug-likeness (QED) is 0.634. The highest BCUT2D eigenvalue weighted by atomic mass is 35.5. The fourth-order valence-electron chi connectivity index (χ4n) is 3.18. The Balaban J connectivity index is 1.58. The van der Waals surface area contributed by atoms with E-state index in [2.05, 4.69) is 46.4 Å². The highest BCUT2D eigenvalue weighted by Crippen LogP contribution is 2.31. The van der Waals surface area contributed by atoms with Crippen LogP contribution in [0.15, 0.2) is 47.5 Å². The second kappa shape index (κ2) is 7.66. The van der Waals surface area contributed by atoms with Gasteiger partial charge in [-0.2, -0.15) is 0 Å². The van der Waals surface area contributed by atoms with Gasteiger partial charge in [0.1, 0.15) is 5.75 Å². The Morgan fingerprint density at radius 1 is 1.36 bits per heavy atom. The summed E-state index contributed by atoms with van der Waals surface area (Å²) in [5, 5.41) is 3.59. The number of hydrogen-bond donors (Lipinski definition) is 2. The van der Waals surface area contributed by atoms with Gasteiger partial charge < -0.3 is 20.7 Å². The van der Waals surface area contributed by atoms with Crippen molar-refractivity contribution in [3.05, 3.63) is 53.1 Å². The molecule has 0 amide bonds. The fraction of sp³-hybridized carbons (Fsp3) is 0.316. The first-order valence-electron chi connectivity index (χ1n) is 8.33. The number of rotatable bonds is 5. The lowest BCUT2D eigenvalue weighted by Gasteiger charge is -2.24. The molecule has 1 aliphatic heterocycles. The lowest BCUT2D eigenvalue weighted by atomic mass is 10.1. The predicted octanol–water partition coefficient (Wildman–Crippen LogP) is 3.53. The van der Waals surface area contributed by atoms with Crippen LogP contribution in [0.1, 0.15) is 12.5 Å². The molecule has 0 aliphatic carbocycles. The summed E-state index contributed by atoms with van der Waals surface area (Å²) in [6.07, 6.45) is 1.08. The van der Waals surface area contributed by atoms with Crippen LogP contribution in [-0.4, -0.2) is 32.2 Å². The number of nitrogens with one attached hydrogen (secondary N) is 1. The molecule has 0 fully saturated rings. The molecule has 0 radical (unpaired) electrons. The van der Waals surface area contributed by atoms with Gasteiger partial charge in [0.15, 0.2) is 5.96 Å². The van der Waals surface area contributed by atoms with Crippen LogP contribution in [0.2, 0.25) is 5.02 Å². The van der Waals surface area contributed by atoms with Gasteiger partial charge in [-0.15, -0.1) is 0 Å². The van der Waals surface area contributed by atoms with Crippen molar-refractivity contribution in [2.24, 2.45) is 10.7 Å². The molecule has 0 saturated heterocycles. The molecular weight excluding hydrogens is 336 g/mol. The smallest absolute Gasteiger partial charge is 0.193 e. The summed E-state index contributed by atoms with van der Waals surface area (Å²) in [5.74, 6) is 1.01. The summed E-state index contributed by atoms with van der Waals surface area (Å²) in [4.78, 5) is 6.82. The van der Waals surface area contributed by atoms with Gasteiger partial charge in [-0.1, -0.05) is 29.8 Å². The monoisotopic (exact) mass is 358 g/mol. The average molecular weight is 359 g/mol. The lowest BCUT2D eigenvalue weighted by molar-refractivity contribution is 0.415. The van der Waals surface area contributed by atoms with Gasteiger partial charge >= 0.3 is 0 Å². The minimum atomic E-state index is 0.376. The Bertz CT molecular complexity index is 778. The molecule has 132 valence electrons. The van der Waals surface area contributed by atoms with E-state index in [1.807, 2.05) is 6.07 Å². The Morgan fingerprint density at radius 2 is 2.16 bits per heavy atom. The molecule has 2 aromatic carbocycles. The SMILES string of the molecule is COc1ccc(NC(N)=NCCN2c3ccccc3CC2C)cc1Cl. The molecule has 1 unspecified atom stereocenters. The summed E-state index contributed by atoms with van der Waals surface area (Å²) in [7, 11) is 1.58. The largest absolute Gasteiger partial charge is 0.495 e. The topological polar surface area (TPSA) is 62.9 Å². The van der Waals surface area contributed by atoms with Crippen LogP contribution in [0.3, 0.4) is 0 Å². The van der Waals surface area contributed by atoms with Crippen LogP contribution in [0.5, 0.6) is 5.75 Å². The normalized spacial score (nSPS) is 16.7. The third-order valence-corrected chi connectivity index (χ3v) is 4.69. The molecule has 1 atom stereocenters. The summed E-state index contributed by atoms with van der Waals surface area (Å²) in [5.41, 5.74) is 9.48. The van der Waals surface area contributed by atoms with Gasteiger partial charge in [-0.25, -0.2) is 0 Å². The molecule has 5 nitrogen and oxygen atoms in total. The molecule has 1 heterocycles. The summed E-state index contributed by atoms with van der Waals surface area (Å²) < 4.78 is 5.14. The van der Waals surface area contributed by atoms with E-state index in [4.69, 9.17) is 22.1 Å². The van der Waals surface area contributed by atoms with Crippen LogP contribution in [-0.2, 0) is 6.42 Å². The second-order valence-electron chi connectivity index (χ2n) is 6.12. The number of benzene rings is 2. The number of aliphatic imine (C=N–C) groups is 1. The fourth-order valence-corrected chi connectivity index (χ4v) is 3.44. The number of fused-ring (bicyclic) bond motifs is 1. The molecule has 2 aromatic rings. The van der Waals surface area contributed by atoms with Gasteiger partial charge in [0.2, 0.25) is 0 Å². The maximum Gasteiger partial charge on any atom is 0.193 e. The van der Waals surface area contributed by atoms with Gasteiger partial charge in [0, 0.05) is 24.0 Å². The Labute approximate surface area is 153 Å². The van der Waals surface area contributed by atoms with E-state index in [0.29, 0.717) is 29.3 Å². The molecule has 3 rings (SSSR count). The van der Waals surface area contributed by atoms with E-state index in [1.54, 1.807) is 19.2 Å². The van der Waals surface area contributed by atoms with E-state index < -0.39 is 0 Å². The van der Waals surface area contributed by atoms with Crippen molar-refractivity contribution in [3.63, 3.8) is 0 Å². The molecule has 0 bridgehead atoms. The van der Waals surface area contributed by atoms with Crippen LogP contribution < -0.4 is 20.7 Å². The number of methoxy groups -OCH3 is 1. The number of ether oxygens (including phenoxy) is 1. The number of nitrogens with zero attached hydrogens (tertiary/aromatic N) is 2.